The van der Waals surface area contributed by atoms with Gasteiger partial charge < -0.3 is 9.09 Å². The van der Waals surface area contributed by atoms with Gasteiger partial charge in [0.1, 0.15) is 11.6 Å². The van der Waals surface area contributed by atoms with Crippen molar-refractivity contribution in [3.8, 4) is 0 Å². The maximum atomic E-state index is 13.8. The quantitative estimate of drug-likeness (QED) is 0.480. The van der Waals surface area contributed by atoms with Gasteiger partial charge in [-0.15, -0.1) is 11.6 Å². The fourth-order valence-electron chi connectivity index (χ4n) is 2.17. The largest absolute Gasteiger partial charge is 0.340 e. The highest BCUT2D eigenvalue weighted by atomic mass is 127. The Bertz CT molecular complexity index is 801. The van der Waals surface area contributed by atoms with E-state index in [2.05, 4.69) is 15.1 Å². The molecule has 0 saturated carbocycles. The average molecular weight is 421 g/mol. The first-order chi connectivity index (χ1) is 10.1. The van der Waals surface area contributed by atoms with E-state index >= 15 is 0 Å². The lowest BCUT2D eigenvalue weighted by molar-refractivity contribution is 0.386. The van der Waals surface area contributed by atoms with E-state index in [0.717, 1.165) is 11.3 Å². The zero-order valence-electron chi connectivity index (χ0n) is 11.1. The third-order valence-electron chi connectivity index (χ3n) is 3.06. The zero-order valence-corrected chi connectivity index (χ0v) is 14.0. The number of imidazole rings is 1. The summed E-state index contributed by atoms with van der Waals surface area (Å²) in [6.45, 7) is 2.10. The number of rotatable bonds is 4. The molecule has 0 saturated heterocycles. The van der Waals surface area contributed by atoms with Gasteiger partial charge in [0, 0.05) is 25.3 Å². The van der Waals surface area contributed by atoms with Gasteiger partial charge >= 0.3 is 0 Å². The van der Waals surface area contributed by atoms with E-state index in [1.54, 1.807) is 13.0 Å². The van der Waals surface area contributed by atoms with Crippen LogP contribution in [0.4, 0.5) is 4.39 Å². The van der Waals surface area contributed by atoms with Crippen LogP contribution in [0.15, 0.2) is 16.7 Å². The summed E-state index contributed by atoms with van der Waals surface area (Å²) in [5.74, 6) is 1.97. The van der Waals surface area contributed by atoms with E-state index in [4.69, 9.17) is 16.1 Å². The molecule has 3 aromatic rings. The summed E-state index contributed by atoms with van der Waals surface area (Å²) in [7, 11) is 0. The van der Waals surface area contributed by atoms with Gasteiger partial charge in [-0.3, -0.25) is 0 Å². The van der Waals surface area contributed by atoms with Crippen molar-refractivity contribution in [1.82, 2.24) is 19.7 Å². The van der Waals surface area contributed by atoms with Crippen LogP contribution in [-0.4, -0.2) is 25.6 Å². The summed E-state index contributed by atoms with van der Waals surface area (Å²) in [5.41, 5.74) is 1.44. The van der Waals surface area contributed by atoms with Gasteiger partial charge in [0.15, 0.2) is 5.82 Å². The summed E-state index contributed by atoms with van der Waals surface area (Å²) < 4.78 is 21.2. The minimum atomic E-state index is -0.272. The van der Waals surface area contributed by atoms with E-state index in [-0.39, 0.29) is 5.82 Å². The normalized spacial score (nSPS) is 11.4. The smallest absolute Gasteiger partial charge is 0.223 e. The number of fused-ring (bicyclic) bond motifs is 1. The highest BCUT2D eigenvalue weighted by Gasteiger charge is 2.15. The van der Waals surface area contributed by atoms with Crippen molar-refractivity contribution in [2.45, 2.75) is 19.9 Å². The van der Waals surface area contributed by atoms with Gasteiger partial charge in [-0.2, -0.15) is 4.98 Å². The van der Waals surface area contributed by atoms with Crippen molar-refractivity contribution in [2.75, 3.05) is 5.88 Å². The maximum Gasteiger partial charge on any atom is 0.223 e. The van der Waals surface area contributed by atoms with Gasteiger partial charge in [-0.1, -0.05) is 5.16 Å². The lowest BCUT2D eigenvalue weighted by atomic mass is 10.3. The summed E-state index contributed by atoms with van der Waals surface area (Å²) in [4.78, 5) is 8.71. The Labute approximate surface area is 138 Å². The molecule has 0 bridgehead atoms. The number of hydrogen-bond acceptors (Lipinski definition) is 4. The monoisotopic (exact) mass is 420 g/mol. The topological polar surface area (TPSA) is 56.7 Å². The molecule has 2 aromatic heterocycles. The molecule has 0 N–H and O–H groups in total. The molecule has 0 fully saturated rings. The number of alkyl halides is 1. The van der Waals surface area contributed by atoms with Gasteiger partial charge in [0.05, 0.1) is 21.1 Å². The second kappa shape index (κ2) is 5.88. The summed E-state index contributed by atoms with van der Waals surface area (Å²) in [6.07, 6.45) is 0.589. The van der Waals surface area contributed by atoms with Crippen LogP contribution in [-0.2, 0) is 13.0 Å². The number of aryl methyl sites for hydroxylation is 2. The molecule has 0 unspecified atom stereocenters. The van der Waals surface area contributed by atoms with E-state index < -0.39 is 0 Å². The molecule has 5 nitrogen and oxygen atoms in total. The van der Waals surface area contributed by atoms with Crippen molar-refractivity contribution in [3.05, 3.63) is 39.1 Å². The number of hydrogen-bond donors (Lipinski definition) is 0. The number of benzene rings is 1. The Morgan fingerprint density at radius 2 is 2.19 bits per heavy atom. The van der Waals surface area contributed by atoms with Crippen LogP contribution in [0.1, 0.15) is 17.5 Å². The Balaban J connectivity index is 2.12. The SMILES string of the molecule is Cc1nc(Cn2c(CCCl)nc3cc(I)c(F)cc32)no1. The second-order valence-corrected chi connectivity index (χ2v) is 6.08. The molecule has 3 rings (SSSR count). The average Bonchev–Trinajstić information content (AvgIpc) is 2.97. The summed E-state index contributed by atoms with van der Waals surface area (Å²) in [5, 5.41) is 3.88. The molecule has 1 aromatic carbocycles. The molecule has 0 radical (unpaired) electrons. The van der Waals surface area contributed by atoms with E-state index in [9.17, 15) is 4.39 Å². The Morgan fingerprint density at radius 1 is 1.38 bits per heavy atom. The van der Waals surface area contributed by atoms with E-state index in [0.29, 0.717) is 39.6 Å². The van der Waals surface area contributed by atoms with Crippen LogP contribution in [0, 0.1) is 16.3 Å². The lowest BCUT2D eigenvalue weighted by Crippen LogP contribution is -2.07. The standard InChI is InChI=1S/C13H11ClFIN4O/c1-7-17-12(19-21-7)6-20-11-4-8(15)9(16)5-10(11)18-13(20)2-3-14/h4-5H,2-3,6H2,1H3. The van der Waals surface area contributed by atoms with Crippen molar-refractivity contribution >= 4 is 45.2 Å². The molecule has 2 heterocycles. The minimum absolute atomic E-state index is 0.272. The fourth-order valence-corrected chi connectivity index (χ4v) is 2.79. The fraction of sp³-hybridized carbons (Fsp3) is 0.308. The van der Waals surface area contributed by atoms with Crippen molar-refractivity contribution in [1.29, 1.82) is 0 Å². The highest BCUT2D eigenvalue weighted by molar-refractivity contribution is 14.1. The van der Waals surface area contributed by atoms with Gasteiger partial charge in [-0.05, 0) is 28.7 Å². The third kappa shape index (κ3) is 2.89. The van der Waals surface area contributed by atoms with Crippen LogP contribution < -0.4 is 0 Å². The van der Waals surface area contributed by atoms with Gasteiger partial charge in [0.2, 0.25) is 5.89 Å². The Hall–Kier alpha value is -1.22. The Morgan fingerprint density at radius 3 is 2.86 bits per heavy atom. The summed E-state index contributed by atoms with van der Waals surface area (Å²) >= 11 is 7.78. The van der Waals surface area contributed by atoms with E-state index in [1.807, 2.05) is 27.2 Å². The number of aromatic nitrogens is 4. The molecular weight excluding hydrogens is 410 g/mol. The van der Waals surface area contributed by atoms with Crippen LogP contribution in [0.25, 0.3) is 11.0 Å². The first-order valence-electron chi connectivity index (χ1n) is 6.28. The first kappa shape index (κ1) is 14.7. The molecule has 0 aliphatic carbocycles. The molecular formula is C13H11ClFIN4O. The first-order valence-corrected chi connectivity index (χ1v) is 7.89. The molecule has 0 amide bonds. The predicted octanol–water partition coefficient (Wildman–Crippen LogP) is 3.30. The van der Waals surface area contributed by atoms with Crippen LogP contribution >= 0.6 is 34.2 Å². The van der Waals surface area contributed by atoms with Crippen molar-refractivity contribution in [2.24, 2.45) is 0 Å². The van der Waals surface area contributed by atoms with Crippen LogP contribution in [0.5, 0.6) is 0 Å². The predicted molar refractivity (Wildman–Crippen MR) is 85.0 cm³/mol. The molecule has 8 heteroatoms. The summed E-state index contributed by atoms with van der Waals surface area (Å²) in [6, 6.07) is 3.20. The zero-order chi connectivity index (χ0) is 15.0. The molecule has 0 spiro atoms. The molecule has 0 atom stereocenters. The minimum Gasteiger partial charge on any atom is -0.340 e. The van der Waals surface area contributed by atoms with Crippen LogP contribution in [0.2, 0.25) is 0 Å². The molecule has 0 aliphatic rings. The third-order valence-corrected chi connectivity index (χ3v) is 4.07. The van der Waals surface area contributed by atoms with Crippen molar-refractivity contribution < 1.29 is 8.91 Å². The Kier molecular flexibility index (Phi) is 4.12. The molecule has 110 valence electrons. The van der Waals surface area contributed by atoms with Gasteiger partial charge in [-0.25, -0.2) is 9.37 Å². The number of nitrogens with zero attached hydrogens (tertiary/aromatic N) is 4. The highest BCUT2D eigenvalue weighted by Crippen LogP contribution is 2.23. The molecule has 21 heavy (non-hydrogen) atoms. The maximum absolute atomic E-state index is 13.8. The number of halogens is 3. The van der Waals surface area contributed by atoms with Crippen molar-refractivity contribution in [3.63, 3.8) is 0 Å². The van der Waals surface area contributed by atoms with E-state index in [1.165, 1.54) is 6.07 Å². The lowest BCUT2D eigenvalue weighted by Gasteiger charge is -2.05. The second-order valence-electron chi connectivity index (χ2n) is 4.54. The van der Waals surface area contributed by atoms with Gasteiger partial charge in [0.25, 0.3) is 0 Å². The van der Waals surface area contributed by atoms with Crippen LogP contribution in [0.3, 0.4) is 0 Å². The molecule has 0 aliphatic heterocycles.